The standard InChI is InChI=1S/C18H14N4O2/c19-21-13-5-1-11(2-6-13)15-9-16(18(24)10-17(15)23)12-3-7-14(22-20)8-4-12/h1-10,19-20,23-24H. The molecule has 0 saturated carbocycles. The van der Waals surface area contributed by atoms with E-state index in [1.807, 2.05) is 0 Å². The van der Waals surface area contributed by atoms with Crippen molar-refractivity contribution in [2.75, 3.05) is 0 Å². The van der Waals surface area contributed by atoms with E-state index in [4.69, 9.17) is 11.1 Å². The molecule has 3 rings (SSSR count). The van der Waals surface area contributed by atoms with Crippen molar-refractivity contribution in [1.82, 2.24) is 0 Å². The molecular formula is C18H14N4O2. The van der Waals surface area contributed by atoms with Gasteiger partial charge < -0.3 is 10.2 Å². The van der Waals surface area contributed by atoms with Crippen molar-refractivity contribution in [2.24, 2.45) is 10.2 Å². The van der Waals surface area contributed by atoms with Gasteiger partial charge >= 0.3 is 0 Å². The summed E-state index contributed by atoms with van der Waals surface area (Å²) in [6.45, 7) is 0. The highest BCUT2D eigenvalue weighted by molar-refractivity contribution is 5.82. The first-order chi connectivity index (χ1) is 11.6. The Morgan fingerprint density at radius 3 is 1.29 bits per heavy atom. The number of phenols is 2. The number of aromatic hydroxyl groups is 2. The molecule has 0 heterocycles. The Morgan fingerprint density at radius 1 is 0.583 bits per heavy atom. The average molecular weight is 318 g/mol. The van der Waals surface area contributed by atoms with Crippen molar-refractivity contribution >= 4 is 11.4 Å². The maximum atomic E-state index is 10.2. The van der Waals surface area contributed by atoms with Crippen LogP contribution in [0.2, 0.25) is 0 Å². The normalized spacial score (nSPS) is 10.3. The second kappa shape index (κ2) is 6.29. The summed E-state index contributed by atoms with van der Waals surface area (Å²) in [5.41, 5.74) is 17.6. The van der Waals surface area contributed by atoms with E-state index in [0.717, 1.165) is 11.1 Å². The molecule has 6 heteroatoms. The van der Waals surface area contributed by atoms with Crippen LogP contribution in [-0.4, -0.2) is 10.2 Å². The Bertz CT molecular complexity index is 831. The van der Waals surface area contributed by atoms with Gasteiger partial charge in [0.1, 0.15) is 11.5 Å². The SMILES string of the molecule is N=Nc1ccc(-c2cc(-c3ccc(N=N)cc3)c(O)cc2O)cc1. The number of hydrogen-bond acceptors (Lipinski definition) is 6. The maximum absolute atomic E-state index is 10.2. The van der Waals surface area contributed by atoms with Crippen LogP contribution in [0.4, 0.5) is 11.4 Å². The minimum Gasteiger partial charge on any atom is -0.507 e. The third kappa shape index (κ3) is 2.85. The molecule has 0 amide bonds. The van der Waals surface area contributed by atoms with Gasteiger partial charge in [-0.3, -0.25) is 0 Å². The Kier molecular flexibility index (Phi) is 4.03. The number of nitrogens with zero attached hydrogens (tertiary/aromatic N) is 2. The molecule has 3 aromatic rings. The van der Waals surface area contributed by atoms with E-state index in [2.05, 4.69) is 10.2 Å². The zero-order valence-corrected chi connectivity index (χ0v) is 12.6. The molecule has 6 nitrogen and oxygen atoms in total. The fraction of sp³-hybridized carbons (Fsp3) is 0. The van der Waals surface area contributed by atoms with E-state index < -0.39 is 0 Å². The summed E-state index contributed by atoms with van der Waals surface area (Å²) in [7, 11) is 0. The molecule has 0 fully saturated rings. The summed E-state index contributed by atoms with van der Waals surface area (Å²) in [6, 6.07) is 16.7. The van der Waals surface area contributed by atoms with Gasteiger partial charge in [0.2, 0.25) is 0 Å². The zero-order chi connectivity index (χ0) is 17.1. The molecule has 0 saturated heterocycles. The third-order valence-electron chi connectivity index (χ3n) is 3.73. The lowest BCUT2D eigenvalue weighted by Gasteiger charge is -2.11. The van der Waals surface area contributed by atoms with Crippen LogP contribution >= 0.6 is 0 Å². The van der Waals surface area contributed by atoms with Crippen LogP contribution in [-0.2, 0) is 0 Å². The fourth-order valence-corrected chi connectivity index (χ4v) is 2.47. The molecule has 0 unspecified atom stereocenters. The van der Waals surface area contributed by atoms with Crippen molar-refractivity contribution in [2.45, 2.75) is 0 Å². The lowest BCUT2D eigenvalue weighted by atomic mass is 9.97. The average Bonchev–Trinajstić information content (AvgIpc) is 2.62. The van der Waals surface area contributed by atoms with E-state index in [0.29, 0.717) is 22.5 Å². The number of benzene rings is 3. The summed E-state index contributed by atoms with van der Waals surface area (Å²) < 4.78 is 0. The molecule has 0 spiro atoms. The third-order valence-corrected chi connectivity index (χ3v) is 3.73. The second-order valence-electron chi connectivity index (χ2n) is 5.20. The Balaban J connectivity index is 2.10. The lowest BCUT2D eigenvalue weighted by Crippen LogP contribution is -1.84. The van der Waals surface area contributed by atoms with Crippen LogP contribution < -0.4 is 0 Å². The predicted molar refractivity (Wildman–Crippen MR) is 90.3 cm³/mol. The van der Waals surface area contributed by atoms with Gasteiger partial charge in [-0.2, -0.15) is 10.2 Å². The molecule has 0 atom stereocenters. The molecule has 0 aliphatic carbocycles. The number of nitrogens with one attached hydrogen (secondary N) is 2. The van der Waals surface area contributed by atoms with Gasteiger partial charge in [-0.15, -0.1) is 0 Å². The highest BCUT2D eigenvalue weighted by atomic mass is 16.3. The minimum atomic E-state index is -0.0374. The fourth-order valence-electron chi connectivity index (χ4n) is 2.47. The molecule has 4 N–H and O–H groups in total. The summed E-state index contributed by atoms with van der Waals surface area (Å²) in [5.74, 6) is -0.0748. The van der Waals surface area contributed by atoms with Crippen LogP contribution in [0.25, 0.3) is 22.3 Å². The topological polar surface area (TPSA) is 113 Å². The van der Waals surface area contributed by atoms with Crippen LogP contribution in [0.5, 0.6) is 11.5 Å². The minimum absolute atomic E-state index is 0.0374. The van der Waals surface area contributed by atoms with Crippen molar-refractivity contribution in [3.05, 3.63) is 60.7 Å². The van der Waals surface area contributed by atoms with Crippen molar-refractivity contribution < 1.29 is 10.2 Å². The first-order valence-electron chi connectivity index (χ1n) is 7.14. The summed E-state index contributed by atoms with van der Waals surface area (Å²) in [4.78, 5) is 0. The second-order valence-corrected chi connectivity index (χ2v) is 5.20. The smallest absolute Gasteiger partial charge is 0.127 e. The highest BCUT2D eigenvalue weighted by Crippen LogP contribution is 2.40. The van der Waals surface area contributed by atoms with Crippen LogP contribution in [0.3, 0.4) is 0 Å². The van der Waals surface area contributed by atoms with Crippen LogP contribution in [0, 0.1) is 11.1 Å². The van der Waals surface area contributed by atoms with Crippen LogP contribution in [0.15, 0.2) is 70.9 Å². The maximum Gasteiger partial charge on any atom is 0.127 e. The molecular weight excluding hydrogens is 304 g/mol. The highest BCUT2D eigenvalue weighted by Gasteiger charge is 2.12. The van der Waals surface area contributed by atoms with Gasteiger partial charge in [-0.05, 0) is 41.5 Å². The van der Waals surface area contributed by atoms with Gasteiger partial charge in [-0.25, -0.2) is 11.1 Å². The molecule has 24 heavy (non-hydrogen) atoms. The monoisotopic (exact) mass is 318 g/mol. The summed E-state index contributed by atoms with van der Waals surface area (Å²) in [6.07, 6.45) is 0. The largest absolute Gasteiger partial charge is 0.507 e. The van der Waals surface area contributed by atoms with E-state index in [1.54, 1.807) is 54.6 Å². The van der Waals surface area contributed by atoms with Gasteiger partial charge in [0.15, 0.2) is 0 Å². The van der Waals surface area contributed by atoms with Crippen molar-refractivity contribution in [3.8, 4) is 33.8 Å². The van der Waals surface area contributed by atoms with Crippen molar-refractivity contribution in [3.63, 3.8) is 0 Å². The Labute approximate surface area is 138 Å². The van der Waals surface area contributed by atoms with E-state index in [1.165, 1.54) is 6.07 Å². The van der Waals surface area contributed by atoms with Crippen molar-refractivity contribution in [1.29, 1.82) is 11.1 Å². The first kappa shape index (κ1) is 15.4. The summed E-state index contributed by atoms with van der Waals surface area (Å²) >= 11 is 0. The molecule has 0 bridgehead atoms. The first-order valence-corrected chi connectivity index (χ1v) is 7.14. The molecule has 0 aliphatic rings. The van der Waals surface area contributed by atoms with E-state index in [9.17, 15) is 10.2 Å². The zero-order valence-electron chi connectivity index (χ0n) is 12.6. The number of phenolic OH excluding ortho intramolecular Hbond substituents is 2. The van der Waals surface area contributed by atoms with E-state index in [-0.39, 0.29) is 11.5 Å². The Hall–Kier alpha value is -3.54. The quantitative estimate of drug-likeness (QED) is 0.458. The van der Waals surface area contributed by atoms with Gasteiger partial charge in [-0.1, -0.05) is 24.3 Å². The molecule has 0 radical (unpaired) electrons. The number of rotatable bonds is 4. The van der Waals surface area contributed by atoms with Gasteiger partial charge in [0.25, 0.3) is 0 Å². The van der Waals surface area contributed by atoms with Gasteiger partial charge in [0.05, 0.1) is 11.4 Å². The van der Waals surface area contributed by atoms with Gasteiger partial charge in [0, 0.05) is 17.2 Å². The summed E-state index contributed by atoms with van der Waals surface area (Å²) in [5, 5.41) is 27.0. The Morgan fingerprint density at radius 2 is 0.958 bits per heavy atom. The predicted octanol–water partition coefficient (Wildman–Crippen LogP) is 5.76. The van der Waals surface area contributed by atoms with E-state index >= 15 is 0 Å². The number of hydrogen-bond donors (Lipinski definition) is 4. The lowest BCUT2D eigenvalue weighted by molar-refractivity contribution is 0.453. The molecule has 3 aromatic carbocycles. The molecule has 0 aliphatic heterocycles. The van der Waals surface area contributed by atoms with Crippen LogP contribution in [0.1, 0.15) is 0 Å². The molecule has 118 valence electrons. The molecule has 0 aromatic heterocycles.